The Balaban J connectivity index is 2.49. The molecule has 1 atom stereocenters. The molecular formula is C16H20FN. The highest BCUT2D eigenvalue weighted by molar-refractivity contribution is 5.79. The summed E-state index contributed by atoms with van der Waals surface area (Å²) < 4.78 is 13.2. The highest BCUT2D eigenvalue weighted by Gasteiger charge is 2.09. The van der Waals surface area contributed by atoms with Gasteiger partial charge in [-0.2, -0.15) is 0 Å². The molecule has 0 saturated carbocycles. The van der Waals surface area contributed by atoms with Gasteiger partial charge in [0.05, 0.1) is 5.52 Å². The largest absolute Gasteiger partial charge is 0.252 e. The van der Waals surface area contributed by atoms with Gasteiger partial charge in [0.2, 0.25) is 0 Å². The summed E-state index contributed by atoms with van der Waals surface area (Å²) in [7, 11) is 0. The molecule has 18 heavy (non-hydrogen) atoms. The standard InChI is InChI=1S/C16H20FN/c1-4-11(3)8-15-12(5-2)9-13-6-7-14(17)10-16(13)18-15/h6-7,9-11H,4-5,8H2,1-3H3. The Hall–Kier alpha value is -1.44. The molecule has 0 N–H and O–H groups in total. The number of hydrogen-bond acceptors (Lipinski definition) is 1. The molecule has 0 aliphatic rings. The van der Waals surface area contributed by atoms with Crippen molar-refractivity contribution in [2.45, 2.75) is 40.0 Å². The SMILES string of the molecule is CCc1cc2ccc(F)cc2nc1CC(C)CC. The minimum atomic E-state index is -0.214. The molecule has 0 fully saturated rings. The molecule has 1 aromatic carbocycles. The van der Waals surface area contributed by atoms with Gasteiger partial charge < -0.3 is 0 Å². The molecule has 0 saturated heterocycles. The van der Waals surface area contributed by atoms with Gasteiger partial charge in [-0.3, -0.25) is 4.98 Å². The fourth-order valence-corrected chi connectivity index (χ4v) is 2.18. The van der Waals surface area contributed by atoms with Crippen LogP contribution in [0.3, 0.4) is 0 Å². The lowest BCUT2D eigenvalue weighted by atomic mass is 9.97. The van der Waals surface area contributed by atoms with Gasteiger partial charge in [-0.05, 0) is 42.5 Å². The Kier molecular flexibility index (Phi) is 3.95. The molecule has 0 aliphatic heterocycles. The number of benzene rings is 1. The third-order valence-corrected chi connectivity index (χ3v) is 3.57. The maximum absolute atomic E-state index is 13.2. The first-order valence-electron chi connectivity index (χ1n) is 6.72. The summed E-state index contributed by atoms with van der Waals surface area (Å²) in [5.74, 6) is 0.405. The van der Waals surface area contributed by atoms with E-state index < -0.39 is 0 Å². The van der Waals surface area contributed by atoms with Crippen LogP contribution in [0, 0.1) is 11.7 Å². The van der Waals surface area contributed by atoms with Crippen molar-refractivity contribution in [2.75, 3.05) is 0 Å². The number of nitrogens with zero attached hydrogens (tertiary/aromatic N) is 1. The number of halogens is 1. The van der Waals surface area contributed by atoms with Crippen molar-refractivity contribution >= 4 is 10.9 Å². The maximum Gasteiger partial charge on any atom is 0.125 e. The van der Waals surface area contributed by atoms with Crippen LogP contribution in [-0.2, 0) is 12.8 Å². The number of fused-ring (bicyclic) bond motifs is 1. The van der Waals surface area contributed by atoms with Gasteiger partial charge in [-0.1, -0.05) is 27.2 Å². The number of pyridine rings is 1. The molecule has 1 unspecified atom stereocenters. The van der Waals surface area contributed by atoms with Crippen LogP contribution in [0.2, 0.25) is 0 Å². The summed E-state index contributed by atoms with van der Waals surface area (Å²) in [5.41, 5.74) is 3.19. The highest BCUT2D eigenvalue weighted by Crippen LogP contribution is 2.21. The van der Waals surface area contributed by atoms with Gasteiger partial charge in [-0.25, -0.2) is 4.39 Å². The predicted molar refractivity (Wildman–Crippen MR) is 74.2 cm³/mol. The zero-order valence-electron chi connectivity index (χ0n) is 11.3. The summed E-state index contributed by atoms with van der Waals surface area (Å²) in [4.78, 5) is 4.65. The van der Waals surface area contributed by atoms with Crippen molar-refractivity contribution in [3.05, 3.63) is 41.3 Å². The molecule has 0 amide bonds. The Morgan fingerprint density at radius 2 is 2.00 bits per heavy atom. The van der Waals surface area contributed by atoms with Crippen molar-refractivity contribution in [1.29, 1.82) is 0 Å². The second kappa shape index (κ2) is 5.47. The minimum Gasteiger partial charge on any atom is -0.252 e. The van der Waals surface area contributed by atoms with E-state index in [0.29, 0.717) is 5.92 Å². The smallest absolute Gasteiger partial charge is 0.125 e. The quantitative estimate of drug-likeness (QED) is 0.771. The average Bonchev–Trinajstić information content (AvgIpc) is 2.37. The molecule has 0 radical (unpaired) electrons. The van der Waals surface area contributed by atoms with E-state index in [4.69, 9.17) is 0 Å². The molecule has 1 aromatic heterocycles. The lowest BCUT2D eigenvalue weighted by Crippen LogP contribution is -2.04. The first-order valence-corrected chi connectivity index (χ1v) is 6.72. The molecular weight excluding hydrogens is 225 g/mol. The van der Waals surface area contributed by atoms with E-state index in [1.54, 1.807) is 0 Å². The van der Waals surface area contributed by atoms with Crippen LogP contribution in [0.1, 0.15) is 38.4 Å². The van der Waals surface area contributed by atoms with Gasteiger partial charge in [0.25, 0.3) is 0 Å². The molecule has 0 bridgehead atoms. The van der Waals surface area contributed by atoms with E-state index in [1.165, 1.54) is 17.7 Å². The Labute approximate surface area is 108 Å². The lowest BCUT2D eigenvalue weighted by Gasteiger charge is -2.13. The van der Waals surface area contributed by atoms with Crippen molar-refractivity contribution < 1.29 is 4.39 Å². The van der Waals surface area contributed by atoms with Gasteiger partial charge in [0.1, 0.15) is 5.82 Å². The van der Waals surface area contributed by atoms with Crippen LogP contribution in [0.25, 0.3) is 10.9 Å². The maximum atomic E-state index is 13.2. The Morgan fingerprint density at radius 3 is 2.67 bits per heavy atom. The summed E-state index contributed by atoms with van der Waals surface area (Å²) in [5, 5.41) is 1.03. The second-order valence-corrected chi connectivity index (χ2v) is 5.00. The molecule has 0 spiro atoms. The first kappa shape index (κ1) is 13.0. The van der Waals surface area contributed by atoms with Crippen LogP contribution in [0.5, 0.6) is 0 Å². The molecule has 96 valence electrons. The molecule has 0 aliphatic carbocycles. The normalized spacial score (nSPS) is 12.9. The zero-order valence-corrected chi connectivity index (χ0v) is 11.3. The average molecular weight is 245 g/mol. The summed E-state index contributed by atoms with van der Waals surface area (Å²) in [6.45, 7) is 6.57. The van der Waals surface area contributed by atoms with Crippen LogP contribution in [-0.4, -0.2) is 4.98 Å². The topological polar surface area (TPSA) is 12.9 Å². The third kappa shape index (κ3) is 2.69. The predicted octanol–water partition coefficient (Wildman–Crippen LogP) is 4.52. The van der Waals surface area contributed by atoms with Crippen LogP contribution in [0.15, 0.2) is 24.3 Å². The Morgan fingerprint density at radius 1 is 1.22 bits per heavy atom. The van der Waals surface area contributed by atoms with Gasteiger partial charge >= 0.3 is 0 Å². The molecule has 1 nitrogen and oxygen atoms in total. The van der Waals surface area contributed by atoms with E-state index in [1.807, 2.05) is 6.07 Å². The fraction of sp³-hybridized carbons (Fsp3) is 0.438. The van der Waals surface area contributed by atoms with Crippen molar-refractivity contribution in [2.24, 2.45) is 5.92 Å². The number of hydrogen-bond donors (Lipinski definition) is 0. The van der Waals surface area contributed by atoms with Gasteiger partial charge in [-0.15, -0.1) is 0 Å². The van der Waals surface area contributed by atoms with Crippen molar-refractivity contribution in [3.8, 4) is 0 Å². The Bertz CT molecular complexity index is 548. The fourth-order valence-electron chi connectivity index (χ4n) is 2.18. The van der Waals surface area contributed by atoms with Crippen LogP contribution in [0.4, 0.5) is 4.39 Å². The number of rotatable bonds is 4. The molecule has 2 rings (SSSR count). The molecule has 2 heteroatoms. The lowest BCUT2D eigenvalue weighted by molar-refractivity contribution is 0.551. The van der Waals surface area contributed by atoms with E-state index in [0.717, 1.165) is 35.9 Å². The van der Waals surface area contributed by atoms with E-state index in [2.05, 4.69) is 31.8 Å². The van der Waals surface area contributed by atoms with Gasteiger partial charge in [0, 0.05) is 17.1 Å². The van der Waals surface area contributed by atoms with Crippen LogP contribution >= 0.6 is 0 Å². The second-order valence-electron chi connectivity index (χ2n) is 5.00. The van der Waals surface area contributed by atoms with E-state index in [9.17, 15) is 4.39 Å². The molecule has 1 heterocycles. The van der Waals surface area contributed by atoms with E-state index in [-0.39, 0.29) is 5.82 Å². The zero-order chi connectivity index (χ0) is 13.1. The van der Waals surface area contributed by atoms with E-state index >= 15 is 0 Å². The van der Waals surface area contributed by atoms with Gasteiger partial charge in [0.15, 0.2) is 0 Å². The van der Waals surface area contributed by atoms with Crippen molar-refractivity contribution in [1.82, 2.24) is 4.98 Å². The summed E-state index contributed by atoms with van der Waals surface area (Å²) in [6, 6.07) is 6.98. The van der Waals surface area contributed by atoms with Crippen LogP contribution < -0.4 is 0 Å². The number of aryl methyl sites for hydroxylation is 1. The minimum absolute atomic E-state index is 0.214. The monoisotopic (exact) mass is 245 g/mol. The highest BCUT2D eigenvalue weighted by atomic mass is 19.1. The van der Waals surface area contributed by atoms with Crippen molar-refractivity contribution in [3.63, 3.8) is 0 Å². The molecule has 2 aromatic rings. The summed E-state index contributed by atoms with van der Waals surface area (Å²) in [6.07, 6.45) is 3.10. The summed E-state index contributed by atoms with van der Waals surface area (Å²) >= 11 is 0. The number of aromatic nitrogens is 1. The third-order valence-electron chi connectivity index (χ3n) is 3.57. The first-order chi connectivity index (χ1) is 8.63.